The highest BCUT2D eigenvalue weighted by molar-refractivity contribution is 5.75. The smallest absolute Gasteiger partial charge is 0.308 e. The van der Waals surface area contributed by atoms with Crippen LogP contribution in [0.15, 0.2) is 24.3 Å². The quantitative estimate of drug-likeness (QED) is 0.513. The summed E-state index contributed by atoms with van der Waals surface area (Å²) in [6.07, 6.45) is 0. The molecule has 2 aliphatic heterocycles. The third kappa shape index (κ3) is 1.51. The number of rotatable bonds is 2. The lowest BCUT2D eigenvalue weighted by Crippen LogP contribution is -2.22. The molecule has 0 bridgehead atoms. The van der Waals surface area contributed by atoms with Gasteiger partial charge in [0.05, 0.1) is 41.0 Å². The van der Waals surface area contributed by atoms with Crippen molar-refractivity contribution in [2.24, 2.45) is 0 Å². The van der Waals surface area contributed by atoms with Crippen molar-refractivity contribution in [3.05, 3.63) is 44.8 Å². The lowest BCUT2D eigenvalue weighted by Gasteiger charge is -2.15. The minimum absolute atomic E-state index is 0.296. The maximum Gasteiger partial charge on any atom is 0.308 e. The summed E-state index contributed by atoms with van der Waals surface area (Å²) in [7, 11) is 2.96. The molecule has 0 N–H and O–H groups in total. The van der Waals surface area contributed by atoms with Crippen molar-refractivity contribution in [3.63, 3.8) is 0 Å². The first-order chi connectivity index (χ1) is 10.6. The van der Waals surface area contributed by atoms with E-state index in [4.69, 9.17) is 9.47 Å². The predicted octanol–water partition coefficient (Wildman–Crippen LogP) is 1.02. The number of aromatic nitrogens is 4. The normalized spacial score (nSPS) is 11.5. The predicted molar refractivity (Wildman–Crippen MR) is 76.8 cm³/mol. The van der Waals surface area contributed by atoms with Crippen LogP contribution >= 0.6 is 0 Å². The Balaban J connectivity index is 2.42. The molecular formula is C14H10N4O4. The van der Waals surface area contributed by atoms with Crippen LogP contribution < -0.4 is 14.0 Å². The van der Waals surface area contributed by atoms with E-state index in [0.717, 1.165) is 0 Å². The average Bonchev–Trinajstić information content (AvgIpc) is 2.53. The number of ether oxygens (including phenoxy) is 2. The van der Waals surface area contributed by atoms with E-state index >= 15 is 0 Å². The second-order valence-electron chi connectivity index (χ2n) is 4.83. The van der Waals surface area contributed by atoms with Gasteiger partial charge in [-0.15, -0.1) is 0 Å². The van der Waals surface area contributed by atoms with E-state index in [2.05, 4.69) is 10.2 Å². The van der Waals surface area contributed by atoms with Crippen LogP contribution in [0.25, 0.3) is 22.1 Å². The molecule has 0 saturated carbocycles. The van der Waals surface area contributed by atoms with Crippen molar-refractivity contribution in [1.82, 2.24) is 15.0 Å². The molecule has 0 fully saturated rings. The molecule has 2 aromatic carbocycles. The molecule has 0 radical (unpaired) electrons. The molecule has 0 atom stereocenters. The summed E-state index contributed by atoms with van der Waals surface area (Å²) in [5.41, 5.74) is 1.34. The average molecular weight is 298 g/mol. The fourth-order valence-electron chi connectivity index (χ4n) is 2.68. The van der Waals surface area contributed by atoms with E-state index in [-0.39, 0.29) is 0 Å². The summed E-state index contributed by atoms with van der Waals surface area (Å²) >= 11 is 0. The lowest BCUT2D eigenvalue weighted by atomic mass is 10.1. The molecule has 0 unspecified atom stereocenters. The molecule has 8 nitrogen and oxygen atoms in total. The van der Waals surface area contributed by atoms with Crippen LogP contribution in [0.2, 0.25) is 0 Å². The molecule has 2 aromatic rings. The van der Waals surface area contributed by atoms with Crippen molar-refractivity contribution >= 4 is 22.1 Å². The van der Waals surface area contributed by atoms with E-state index in [1.54, 1.807) is 24.3 Å². The van der Waals surface area contributed by atoms with Gasteiger partial charge in [0.25, 0.3) is 0 Å². The van der Waals surface area contributed by atoms with Crippen LogP contribution in [0.3, 0.4) is 0 Å². The summed E-state index contributed by atoms with van der Waals surface area (Å²) in [5.74, 6) is 0.865. The van der Waals surface area contributed by atoms with Gasteiger partial charge in [-0.3, -0.25) is 4.85 Å². The van der Waals surface area contributed by atoms with Gasteiger partial charge in [-0.05, 0) is 0 Å². The molecule has 4 rings (SSSR count). The van der Waals surface area contributed by atoms with Crippen molar-refractivity contribution < 1.29 is 14.0 Å². The highest BCUT2D eigenvalue weighted by Crippen LogP contribution is 2.26. The number of methoxy groups -OCH3 is 2. The molecule has 110 valence electrons. The van der Waals surface area contributed by atoms with Crippen LogP contribution in [0.5, 0.6) is 11.5 Å². The van der Waals surface area contributed by atoms with Gasteiger partial charge in [-0.1, -0.05) is 0 Å². The van der Waals surface area contributed by atoms with E-state index in [1.165, 1.54) is 14.2 Å². The first-order valence-electron chi connectivity index (χ1n) is 6.44. The molecule has 0 aliphatic carbocycles. The third-order valence-electron chi connectivity index (χ3n) is 3.67. The Hall–Kier alpha value is -3.16. The van der Waals surface area contributed by atoms with Gasteiger partial charge in [0, 0.05) is 23.4 Å². The summed E-state index contributed by atoms with van der Waals surface area (Å²) in [4.78, 5) is 12.7. The van der Waals surface area contributed by atoms with Gasteiger partial charge in [0.2, 0.25) is 0 Å². The highest BCUT2D eigenvalue weighted by Gasteiger charge is 2.19. The fraction of sp³-hybridized carbons (Fsp3) is 0.143. The molecule has 2 aliphatic rings. The highest BCUT2D eigenvalue weighted by atomic mass is 16.5. The van der Waals surface area contributed by atoms with Gasteiger partial charge in [0.15, 0.2) is 4.54 Å². The van der Waals surface area contributed by atoms with E-state index < -0.39 is 0 Å². The van der Waals surface area contributed by atoms with Crippen molar-refractivity contribution in [3.8, 4) is 11.5 Å². The summed E-state index contributed by atoms with van der Waals surface area (Å²) in [5, 5.41) is 21.3. The third-order valence-corrected chi connectivity index (χ3v) is 3.67. The van der Waals surface area contributed by atoms with E-state index in [0.29, 0.717) is 53.4 Å². The Morgan fingerprint density at radius 3 is 2.45 bits per heavy atom. The standard InChI is InChI=1S/C14H10N4O4/c1-21-7-3-9-13-11(5-7)17(19)16-10-4-8(22-2)6-12(14(10)13)18(20)15-9/h3-6H,1-2H3. The number of nitrogens with zero attached hydrogens (tertiary/aromatic N) is 4. The zero-order valence-corrected chi connectivity index (χ0v) is 11.7. The van der Waals surface area contributed by atoms with Gasteiger partial charge >= 0.3 is 5.52 Å². The zero-order chi connectivity index (χ0) is 15.4. The Morgan fingerprint density at radius 2 is 1.73 bits per heavy atom. The first-order valence-corrected chi connectivity index (χ1v) is 6.44. The van der Waals surface area contributed by atoms with E-state index in [1.807, 2.05) is 0 Å². The summed E-state index contributed by atoms with van der Waals surface area (Å²) in [6, 6.07) is 6.37. The van der Waals surface area contributed by atoms with Crippen LogP contribution in [-0.4, -0.2) is 29.3 Å². The molecule has 0 aromatic heterocycles. The number of benzene rings is 2. The topological polar surface area (TPSA) is 95.2 Å². The minimum atomic E-state index is 0.296. The summed E-state index contributed by atoms with van der Waals surface area (Å²) in [6.45, 7) is 0. The fourth-order valence-corrected chi connectivity index (χ4v) is 2.68. The molecule has 0 amide bonds. The molecule has 0 spiro atoms. The maximum atomic E-state index is 12.2. The second-order valence-corrected chi connectivity index (χ2v) is 4.83. The molecular weight excluding hydrogens is 288 g/mol. The number of hydrogen-bond acceptors (Lipinski definition) is 6. The van der Waals surface area contributed by atoms with E-state index in [9.17, 15) is 10.1 Å². The Morgan fingerprint density at radius 1 is 1.05 bits per heavy atom. The van der Waals surface area contributed by atoms with Crippen molar-refractivity contribution in [2.45, 2.75) is 0 Å². The van der Waals surface area contributed by atoms with Gasteiger partial charge in [-0.25, -0.2) is 0 Å². The van der Waals surface area contributed by atoms with Gasteiger partial charge in [0.1, 0.15) is 22.5 Å². The second kappa shape index (κ2) is 4.17. The van der Waals surface area contributed by atoms with Crippen molar-refractivity contribution in [2.75, 3.05) is 14.2 Å². The zero-order valence-electron chi connectivity index (χ0n) is 11.7. The molecule has 22 heavy (non-hydrogen) atoms. The van der Waals surface area contributed by atoms with Gasteiger partial charge in [-0.2, -0.15) is 5.10 Å². The summed E-state index contributed by atoms with van der Waals surface area (Å²) < 4.78 is 10.8. The van der Waals surface area contributed by atoms with Crippen LogP contribution in [0.4, 0.5) is 0 Å². The number of hydrogen-bond donors (Lipinski definition) is 0. The minimum Gasteiger partial charge on any atom is -0.790 e. The maximum absolute atomic E-state index is 12.2. The molecule has 0 saturated heterocycles. The monoisotopic (exact) mass is 298 g/mol. The van der Waals surface area contributed by atoms with Gasteiger partial charge < -0.3 is 14.7 Å². The Labute approximate surface area is 122 Å². The molecule has 2 heterocycles. The first kappa shape index (κ1) is 12.6. The lowest BCUT2D eigenvalue weighted by molar-refractivity contribution is -0.534. The van der Waals surface area contributed by atoms with Crippen LogP contribution in [0.1, 0.15) is 0 Å². The van der Waals surface area contributed by atoms with Crippen LogP contribution in [0, 0.1) is 20.6 Å². The SMILES string of the molecule is COc1cc2n[n+](=O)c3cc(OC)cc4nn([O-])c(c1)c2=c43. The largest absolute Gasteiger partial charge is 0.790 e. The Bertz CT molecular complexity index is 1140. The Kier molecular flexibility index (Phi) is 2.38. The van der Waals surface area contributed by atoms with Crippen molar-refractivity contribution in [1.29, 1.82) is 0 Å². The van der Waals surface area contributed by atoms with Crippen LogP contribution in [-0.2, 0) is 0 Å². The molecule has 8 heteroatoms.